The number of nitriles is 1. The Kier molecular flexibility index (Phi) is 3.08. The van der Waals surface area contributed by atoms with Gasteiger partial charge in [0.15, 0.2) is 0 Å². The highest BCUT2D eigenvalue weighted by atomic mass is 16.2. The Morgan fingerprint density at radius 3 is 3.19 bits per heavy atom. The van der Waals surface area contributed by atoms with E-state index in [0.717, 1.165) is 0 Å². The molecular formula is C10H11N5O. The first-order valence-electron chi connectivity index (χ1n) is 5.00. The third-order valence-electron chi connectivity index (χ3n) is 2.44. The van der Waals surface area contributed by atoms with Gasteiger partial charge in [-0.05, 0) is 0 Å². The molecule has 0 aromatic carbocycles. The Morgan fingerprint density at radius 2 is 2.50 bits per heavy atom. The maximum absolute atomic E-state index is 12.0. The van der Waals surface area contributed by atoms with Crippen LogP contribution in [0.1, 0.15) is 10.5 Å². The molecule has 0 spiro atoms. The maximum atomic E-state index is 12.0. The van der Waals surface area contributed by atoms with Gasteiger partial charge in [-0.25, -0.2) is 4.98 Å². The predicted molar refractivity (Wildman–Crippen MR) is 55.3 cm³/mol. The molecule has 1 fully saturated rings. The highest BCUT2D eigenvalue weighted by molar-refractivity contribution is 5.92. The van der Waals surface area contributed by atoms with Crippen LogP contribution in [0.25, 0.3) is 0 Å². The topological polar surface area (TPSA) is 81.9 Å². The quantitative estimate of drug-likeness (QED) is 0.680. The average Bonchev–Trinajstić information content (AvgIpc) is 2.39. The van der Waals surface area contributed by atoms with Gasteiger partial charge in [0, 0.05) is 32.0 Å². The monoisotopic (exact) mass is 217 g/mol. The van der Waals surface area contributed by atoms with E-state index in [4.69, 9.17) is 5.26 Å². The molecule has 1 N–H and O–H groups in total. The molecule has 1 aliphatic rings. The van der Waals surface area contributed by atoms with Gasteiger partial charge in [0.1, 0.15) is 11.7 Å². The molecular weight excluding hydrogens is 206 g/mol. The first kappa shape index (κ1) is 10.5. The second-order valence-corrected chi connectivity index (χ2v) is 3.44. The average molecular weight is 217 g/mol. The molecule has 6 nitrogen and oxygen atoms in total. The summed E-state index contributed by atoms with van der Waals surface area (Å²) in [6, 6.07) is 1.67. The third kappa shape index (κ3) is 1.99. The summed E-state index contributed by atoms with van der Waals surface area (Å²) in [6.45, 7) is 1.72. The van der Waals surface area contributed by atoms with Crippen LogP contribution < -0.4 is 5.32 Å². The molecule has 2 heterocycles. The highest BCUT2D eigenvalue weighted by Crippen LogP contribution is 2.07. The molecule has 2 rings (SSSR count). The number of hydrogen-bond donors (Lipinski definition) is 1. The van der Waals surface area contributed by atoms with Gasteiger partial charge in [-0.2, -0.15) is 5.26 Å². The lowest BCUT2D eigenvalue weighted by atomic mass is 10.2. The molecule has 1 amide bonds. The van der Waals surface area contributed by atoms with Crippen LogP contribution in [0.5, 0.6) is 0 Å². The van der Waals surface area contributed by atoms with Crippen LogP contribution in [0.3, 0.4) is 0 Å². The fourth-order valence-corrected chi connectivity index (χ4v) is 1.62. The van der Waals surface area contributed by atoms with Gasteiger partial charge >= 0.3 is 0 Å². The molecule has 0 bridgehead atoms. The van der Waals surface area contributed by atoms with E-state index in [0.29, 0.717) is 19.6 Å². The van der Waals surface area contributed by atoms with E-state index in [1.54, 1.807) is 0 Å². The van der Waals surface area contributed by atoms with Gasteiger partial charge < -0.3 is 10.2 Å². The minimum absolute atomic E-state index is 0.235. The van der Waals surface area contributed by atoms with Crippen molar-refractivity contribution >= 4 is 5.91 Å². The smallest absolute Gasteiger partial charge is 0.275 e. The minimum Gasteiger partial charge on any atom is -0.319 e. The molecule has 1 unspecified atom stereocenters. The Labute approximate surface area is 92.9 Å². The van der Waals surface area contributed by atoms with Crippen LogP contribution in [0.15, 0.2) is 18.6 Å². The lowest BCUT2D eigenvalue weighted by Crippen LogP contribution is -2.53. The predicted octanol–water partition coefficient (Wildman–Crippen LogP) is -0.586. The number of hydrogen-bond acceptors (Lipinski definition) is 5. The number of rotatable bonds is 1. The van der Waals surface area contributed by atoms with E-state index >= 15 is 0 Å². The van der Waals surface area contributed by atoms with Crippen molar-refractivity contribution < 1.29 is 4.79 Å². The molecule has 1 aromatic heterocycles. The van der Waals surface area contributed by atoms with Gasteiger partial charge in [0.05, 0.1) is 12.3 Å². The number of nitrogens with zero attached hydrogens (tertiary/aromatic N) is 4. The molecule has 82 valence electrons. The first-order valence-corrected chi connectivity index (χ1v) is 5.00. The zero-order valence-corrected chi connectivity index (χ0v) is 8.63. The second-order valence-electron chi connectivity index (χ2n) is 3.44. The van der Waals surface area contributed by atoms with E-state index in [1.807, 2.05) is 0 Å². The summed E-state index contributed by atoms with van der Waals surface area (Å²) >= 11 is 0. The van der Waals surface area contributed by atoms with Crippen molar-refractivity contribution in [3.8, 4) is 6.07 Å². The van der Waals surface area contributed by atoms with Gasteiger partial charge in [-0.15, -0.1) is 0 Å². The van der Waals surface area contributed by atoms with Crippen molar-refractivity contribution in [3.05, 3.63) is 24.3 Å². The number of carbonyl (C=O) groups is 1. The zero-order valence-electron chi connectivity index (χ0n) is 8.63. The van der Waals surface area contributed by atoms with E-state index in [1.165, 1.54) is 23.5 Å². The minimum atomic E-state index is -0.428. The molecule has 16 heavy (non-hydrogen) atoms. The summed E-state index contributed by atoms with van der Waals surface area (Å²) in [5.41, 5.74) is 0.282. The van der Waals surface area contributed by atoms with E-state index < -0.39 is 6.04 Å². The summed E-state index contributed by atoms with van der Waals surface area (Å²) in [4.78, 5) is 21.3. The van der Waals surface area contributed by atoms with Crippen molar-refractivity contribution in [2.24, 2.45) is 0 Å². The SMILES string of the molecule is N#CC1CNCCN1C(=O)c1cnccn1. The lowest BCUT2D eigenvalue weighted by Gasteiger charge is -2.31. The summed E-state index contributed by atoms with van der Waals surface area (Å²) in [7, 11) is 0. The van der Waals surface area contributed by atoms with Crippen molar-refractivity contribution in [3.63, 3.8) is 0 Å². The molecule has 1 aliphatic heterocycles. The van der Waals surface area contributed by atoms with E-state index in [-0.39, 0.29) is 11.6 Å². The van der Waals surface area contributed by atoms with Gasteiger partial charge in [0.2, 0.25) is 0 Å². The first-order chi connectivity index (χ1) is 7.83. The summed E-state index contributed by atoms with van der Waals surface area (Å²) in [5, 5.41) is 12.0. The number of carbonyl (C=O) groups excluding carboxylic acids is 1. The second kappa shape index (κ2) is 4.68. The van der Waals surface area contributed by atoms with Gasteiger partial charge in [0.25, 0.3) is 5.91 Å². The highest BCUT2D eigenvalue weighted by Gasteiger charge is 2.27. The van der Waals surface area contributed by atoms with Crippen LogP contribution in [0.2, 0.25) is 0 Å². The molecule has 1 saturated heterocycles. The Balaban J connectivity index is 2.18. The normalized spacial score (nSPS) is 20.2. The van der Waals surface area contributed by atoms with Crippen molar-refractivity contribution in [1.29, 1.82) is 5.26 Å². The van der Waals surface area contributed by atoms with E-state index in [2.05, 4.69) is 21.4 Å². The Morgan fingerprint density at radius 1 is 1.62 bits per heavy atom. The Hall–Kier alpha value is -2.00. The van der Waals surface area contributed by atoms with Crippen molar-refractivity contribution in [2.75, 3.05) is 19.6 Å². The summed E-state index contributed by atoms with van der Waals surface area (Å²) in [5.74, 6) is -0.235. The van der Waals surface area contributed by atoms with Gasteiger partial charge in [-0.1, -0.05) is 0 Å². The summed E-state index contributed by atoms with van der Waals surface area (Å²) < 4.78 is 0. The fraction of sp³-hybridized carbons (Fsp3) is 0.400. The van der Waals surface area contributed by atoms with E-state index in [9.17, 15) is 4.79 Å². The van der Waals surface area contributed by atoms with Crippen molar-refractivity contribution in [2.45, 2.75) is 6.04 Å². The fourth-order valence-electron chi connectivity index (χ4n) is 1.62. The number of aromatic nitrogens is 2. The van der Waals surface area contributed by atoms with Crippen molar-refractivity contribution in [1.82, 2.24) is 20.2 Å². The molecule has 0 saturated carbocycles. The maximum Gasteiger partial charge on any atom is 0.275 e. The van der Waals surface area contributed by atoms with Crippen LogP contribution in [-0.4, -0.2) is 46.5 Å². The van der Waals surface area contributed by atoms with Gasteiger partial charge in [-0.3, -0.25) is 9.78 Å². The Bertz CT molecular complexity index is 413. The lowest BCUT2D eigenvalue weighted by molar-refractivity contribution is 0.0680. The molecule has 1 aromatic rings. The molecule has 6 heteroatoms. The van der Waals surface area contributed by atoms with Crippen LogP contribution in [0, 0.1) is 11.3 Å². The van der Waals surface area contributed by atoms with Crippen LogP contribution >= 0.6 is 0 Å². The number of piperazine rings is 1. The van der Waals surface area contributed by atoms with Crippen LogP contribution in [-0.2, 0) is 0 Å². The summed E-state index contributed by atoms with van der Waals surface area (Å²) in [6.07, 6.45) is 4.39. The largest absolute Gasteiger partial charge is 0.319 e. The zero-order chi connectivity index (χ0) is 11.4. The van der Waals surface area contributed by atoms with Crippen LogP contribution in [0.4, 0.5) is 0 Å². The number of amides is 1. The standard InChI is InChI=1S/C10H11N5O/c11-5-8-6-13-3-4-15(8)10(16)9-7-12-1-2-14-9/h1-2,7-8,13H,3-4,6H2. The number of nitrogens with one attached hydrogen (secondary N) is 1. The third-order valence-corrected chi connectivity index (χ3v) is 2.44. The molecule has 0 radical (unpaired) electrons. The molecule has 1 atom stereocenters. The molecule has 0 aliphatic carbocycles.